The molecule has 0 atom stereocenters. The Kier molecular flexibility index (Phi) is 5.57. The van der Waals surface area contributed by atoms with Gasteiger partial charge in [-0.2, -0.15) is 0 Å². The third-order valence-electron chi connectivity index (χ3n) is 3.72. The van der Waals surface area contributed by atoms with Gasteiger partial charge in [0.1, 0.15) is 0 Å². The average Bonchev–Trinajstić information content (AvgIpc) is 2.71. The molecular formula is C14H20ClN5O2. The van der Waals surface area contributed by atoms with Gasteiger partial charge in [0.05, 0.1) is 6.54 Å². The fourth-order valence-electron chi connectivity index (χ4n) is 2.57. The van der Waals surface area contributed by atoms with Crippen molar-refractivity contribution in [2.24, 2.45) is 0 Å². The van der Waals surface area contributed by atoms with E-state index in [2.05, 4.69) is 10.4 Å². The predicted molar refractivity (Wildman–Crippen MR) is 85.4 cm³/mol. The van der Waals surface area contributed by atoms with Crippen molar-refractivity contribution >= 4 is 24.0 Å². The molecule has 3 heterocycles. The SMILES string of the molecule is Cl.O=C(CCn1nc2ccccn2c1=O)N1CCCNCC1. The Balaban J connectivity index is 0.00000176. The second-order valence-corrected chi connectivity index (χ2v) is 5.17. The molecule has 1 N–H and O–H groups in total. The number of pyridine rings is 1. The van der Waals surface area contributed by atoms with Crippen molar-refractivity contribution in [3.63, 3.8) is 0 Å². The van der Waals surface area contributed by atoms with Crippen LogP contribution in [0.2, 0.25) is 0 Å². The fourth-order valence-corrected chi connectivity index (χ4v) is 2.57. The molecule has 0 aromatic carbocycles. The Morgan fingerprint density at radius 1 is 1.27 bits per heavy atom. The fraction of sp³-hybridized carbons (Fsp3) is 0.500. The van der Waals surface area contributed by atoms with Gasteiger partial charge in [0.15, 0.2) is 5.65 Å². The van der Waals surface area contributed by atoms with Crippen molar-refractivity contribution in [1.29, 1.82) is 0 Å². The van der Waals surface area contributed by atoms with Crippen molar-refractivity contribution in [3.05, 3.63) is 34.9 Å². The Bertz CT molecular complexity index is 688. The van der Waals surface area contributed by atoms with E-state index < -0.39 is 0 Å². The third kappa shape index (κ3) is 3.48. The van der Waals surface area contributed by atoms with Gasteiger partial charge in [-0.1, -0.05) is 6.07 Å². The summed E-state index contributed by atoms with van der Waals surface area (Å²) in [6, 6.07) is 5.40. The van der Waals surface area contributed by atoms with E-state index in [9.17, 15) is 9.59 Å². The minimum Gasteiger partial charge on any atom is -0.341 e. The second kappa shape index (κ2) is 7.42. The van der Waals surface area contributed by atoms with Crippen molar-refractivity contribution < 1.29 is 4.79 Å². The van der Waals surface area contributed by atoms with Crippen LogP contribution in [0.4, 0.5) is 0 Å². The molecule has 0 radical (unpaired) electrons. The van der Waals surface area contributed by atoms with Gasteiger partial charge in [0.2, 0.25) is 5.91 Å². The largest absolute Gasteiger partial charge is 0.350 e. The number of halogens is 1. The van der Waals surface area contributed by atoms with Gasteiger partial charge in [-0.05, 0) is 25.1 Å². The first-order valence-electron chi connectivity index (χ1n) is 7.28. The van der Waals surface area contributed by atoms with E-state index >= 15 is 0 Å². The van der Waals surface area contributed by atoms with Crippen molar-refractivity contribution in [1.82, 2.24) is 24.4 Å². The Hall–Kier alpha value is -1.86. The zero-order chi connectivity index (χ0) is 14.7. The zero-order valence-corrected chi connectivity index (χ0v) is 13.1. The molecule has 0 unspecified atom stereocenters. The predicted octanol–water partition coefficient (Wildman–Crippen LogP) is 0.130. The van der Waals surface area contributed by atoms with E-state index in [0.29, 0.717) is 18.6 Å². The van der Waals surface area contributed by atoms with Crippen molar-refractivity contribution in [2.45, 2.75) is 19.4 Å². The summed E-state index contributed by atoms with van der Waals surface area (Å²) in [6.45, 7) is 3.63. The molecule has 3 rings (SSSR count). The molecular weight excluding hydrogens is 306 g/mol. The highest BCUT2D eigenvalue weighted by Crippen LogP contribution is 2.01. The number of hydrogen-bond donors (Lipinski definition) is 1. The normalized spacial score (nSPS) is 15.4. The van der Waals surface area contributed by atoms with E-state index in [1.165, 1.54) is 9.08 Å². The summed E-state index contributed by atoms with van der Waals surface area (Å²) in [6.07, 6.45) is 2.97. The lowest BCUT2D eigenvalue weighted by atomic mass is 10.3. The Morgan fingerprint density at radius 2 is 2.14 bits per heavy atom. The summed E-state index contributed by atoms with van der Waals surface area (Å²) < 4.78 is 2.85. The number of carbonyl (C=O) groups is 1. The van der Waals surface area contributed by atoms with Crippen LogP contribution in [-0.2, 0) is 11.3 Å². The van der Waals surface area contributed by atoms with Gasteiger partial charge >= 0.3 is 5.69 Å². The van der Waals surface area contributed by atoms with Gasteiger partial charge in [0, 0.05) is 32.3 Å². The van der Waals surface area contributed by atoms with Gasteiger partial charge in [-0.15, -0.1) is 17.5 Å². The molecule has 2 aromatic heterocycles. The molecule has 1 aliphatic heterocycles. The summed E-state index contributed by atoms with van der Waals surface area (Å²) in [7, 11) is 0. The first kappa shape index (κ1) is 16.5. The van der Waals surface area contributed by atoms with E-state index in [1.807, 2.05) is 11.0 Å². The van der Waals surface area contributed by atoms with Crippen LogP contribution in [0, 0.1) is 0 Å². The minimum absolute atomic E-state index is 0. The number of hydrogen-bond acceptors (Lipinski definition) is 4. The molecule has 7 nitrogen and oxygen atoms in total. The topological polar surface area (TPSA) is 71.6 Å². The van der Waals surface area contributed by atoms with Crippen molar-refractivity contribution in [2.75, 3.05) is 26.2 Å². The van der Waals surface area contributed by atoms with Gasteiger partial charge in [-0.25, -0.2) is 9.48 Å². The molecule has 22 heavy (non-hydrogen) atoms. The van der Waals surface area contributed by atoms with Gasteiger partial charge < -0.3 is 10.2 Å². The van der Waals surface area contributed by atoms with Crippen LogP contribution >= 0.6 is 12.4 Å². The van der Waals surface area contributed by atoms with Crippen LogP contribution in [-0.4, -0.2) is 51.2 Å². The summed E-state index contributed by atoms with van der Waals surface area (Å²) in [5.74, 6) is 0.0858. The van der Waals surface area contributed by atoms with Crippen LogP contribution in [0.3, 0.4) is 0 Å². The van der Waals surface area contributed by atoms with Crippen molar-refractivity contribution in [3.8, 4) is 0 Å². The maximum atomic E-state index is 12.2. The van der Waals surface area contributed by atoms with Crippen LogP contribution in [0.1, 0.15) is 12.8 Å². The van der Waals surface area contributed by atoms with Crippen LogP contribution in [0.25, 0.3) is 5.65 Å². The van der Waals surface area contributed by atoms with E-state index in [0.717, 1.165) is 32.6 Å². The number of rotatable bonds is 3. The highest BCUT2D eigenvalue weighted by atomic mass is 35.5. The smallest absolute Gasteiger partial charge is 0.341 e. The number of nitrogens with one attached hydrogen (secondary N) is 1. The summed E-state index contributed by atoms with van der Waals surface area (Å²) in [4.78, 5) is 26.2. The van der Waals surface area contributed by atoms with E-state index in [1.54, 1.807) is 18.3 Å². The molecule has 8 heteroatoms. The zero-order valence-electron chi connectivity index (χ0n) is 12.3. The quantitative estimate of drug-likeness (QED) is 0.870. The lowest BCUT2D eigenvalue weighted by Gasteiger charge is -2.19. The Morgan fingerprint density at radius 3 is 2.95 bits per heavy atom. The molecule has 120 valence electrons. The number of nitrogens with zero attached hydrogens (tertiary/aromatic N) is 4. The van der Waals surface area contributed by atoms with Gasteiger partial charge in [0.25, 0.3) is 0 Å². The van der Waals surface area contributed by atoms with Crippen LogP contribution in [0.15, 0.2) is 29.2 Å². The number of aromatic nitrogens is 3. The molecule has 1 fully saturated rings. The summed E-state index contributed by atoms with van der Waals surface area (Å²) >= 11 is 0. The molecule has 1 saturated heterocycles. The first-order chi connectivity index (χ1) is 10.3. The highest BCUT2D eigenvalue weighted by Gasteiger charge is 2.16. The lowest BCUT2D eigenvalue weighted by Crippen LogP contribution is -2.35. The summed E-state index contributed by atoms with van der Waals surface area (Å²) in [5.41, 5.74) is 0.407. The molecule has 1 amide bonds. The number of amides is 1. The molecule has 0 aliphatic carbocycles. The number of carbonyl (C=O) groups excluding carboxylic acids is 1. The highest BCUT2D eigenvalue weighted by molar-refractivity contribution is 5.85. The lowest BCUT2D eigenvalue weighted by molar-refractivity contribution is -0.131. The molecule has 0 saturated carbocycles. The van der Waals surface area contributed by atoms with Crippen LogP contribution < -0.4 is 11.0 Å². The van der Waals surface area contributed by atoms with Gasteiger partial charge in [-0.3, -0.25) is 9.20 Å². The Labute approximate surface area is 134 Å². The molecule has 0 spiro atoms. The van der Waals surface area contributed by atoms with E-state index in [4.69, 9.17) is 0 Å². The summed E-state index contributed by atoms with van der Waals surface area (Å²) in [5, 5.41) is 7.50. The number of fused-ring (bicyclic) bond motifs is 1. The number of aryl methyl sites for hydroxylation is 1. The van der Waals surface area contributed by atoms with Crippen LogP contribution in [0.5, 0.6) is 0 Å². The first-order valence-corrected chi connectivity index (χ1v) is 7.28. The monoisotopic (exact) mass is 325 g/mol. The standard InChI is InChI=1S/C14H19N5O2.ClH/c20-13(17-8-3-6-15-7-11-17)5-10-19-14(21)18-9-2-1-4-12(18)16-19;/h1-2,4,9,15H,3,5-8,10-11H2;1H. The maximum Gasteiger partial charge on any atom is 0.350 e. The molecule has 0 bridgehead atoms. The second-order valence-electron chi connectivity index (χ2n) is 5.17. The maximum absolute atomic E-state index is 12.2. The van der Waals surface area contributed by atoms with E-state index in [-0.39, 0.29) is 24.0 Å². The average molecular weight is 326 g/mol. The molecule has 1 aliphatic rings. The molecule has 2 aromatic rings. The minimum atomic E-state index is -0.198. The third-order valence-corrected chi connectivity index (χ3v) is 3.72.